The summed E-state index contributed by atoms with van der Waals surface area (Å²) in [6.07, 6.45) is 26.9. The Morgan fingerprint density at radius 2 is 0.755 bits per heavy atom. The van der Waals surface area contributed by atoms with Gasteiger partial charge < -0.3 is 20.4 Å². The molecule has 0 unspecified atom stereocenters. The number of hydrogen-bond donors (Lipinski definition) is 2. The molecular formula is C47H80N4O2. The third-order valence-corrected chi connectivity index (χ3v) is 10.4. The first kappa shape index (κ1) is 46.5. The highest BCUT2D eigenvalue weighted by Gasteiger charge is 2.10. The molecule has 2 aromatic rings. The first-order valence-electron chi connectivity index (χ1n) is 22.2. The van der Waals surface area contributed by atoms with Gasteiger partial charge in [-0.15, -0.1) is 0 Å². The molecule has 0 bridgehead atoms. The molecule has 0 aliphatic carbocycles. The lowest BCUT2D eigenvalue weighted by Crippen LogP contribution is -2.28. The summed E-state index contributed by atoms with van der Waals surface area (Å²) in [7, 11) is 0. The van der Waals surface area contributed by atoms with Crippen LogP contribution >= 0.6 is 0 Å². The summed E-state index contributed by atoms with van der Waals surface area (Å²) in [4.78, 5) is 31.0. The van der Waals surface area contributed by atoms with E-state index >= 15 is 0 Å². The smallest absolute Gasteiger partial charge is 0.224 e. The SMILES string of the molecule is CCCCCCCN(CCCCCC)CCCC(=O)Nc1cccc(Cc2cccc(NC(=O)CCCN(CCCCCC)CCCCCCC)c2)c1. The van der Waals surface area contributed by atoms with Crippen LogP contribution in [0.5, 0.6) is 0 Å². The van der Waals surface area contributed by atoms with E-state index in [0.29, 0.717) is 12.8 Å². The van der Waals surface area contributed by atoms with Crippen LogP contribution in [0.4, 0.5) is 11.4 Å². The lowest BCUT2D eigenvalue weighted by atomic mass is 10.0. The Morgan fingerprint density at radius 3 is 1.11 bits per heavy atom. The predicted octanol–water partition coefficient (Wildman–Crippen LogP) is 12.4. The Hall–Kier alpha value is -2.70. The van der Waals surface area contributed by atoms with Gasteiger partial charge >= 0.3 is 0 Å². The van der Waals surface area contributed by atoms with Crippen molar-refractivity contribution in [1.82, 2.24) is 9.80 Å². The predicted molar refractivity (Wildman–Crippen MR) is 230 cm³/mol. The molecule has 0 saturated heterocycles. The molecule has 6 heteroatoms. The Kier molecular flexibility index (Phi) is 27.7. The molecule has 0 fully saturated rings. The van der Waals surface area contributed by atoms with Crippen molar-refractivity contribution < 1.29 is 9.59 Å². The average molecular weight is 733 g/mol. The second-order valence-corrected chi connectivity index (χ2v) is 15.5. The Bertz CT molecular complexity index is 1110. The van der Waals surface area contributed by atoms with Crippen molar-refractivity contribution in [2.45, 2.75) is 175 Å². The lowest BCUT2D eigenvalue weighted by molar-refractivity contribution is -0.117. The molecule has 0 spiro atoms. The number of hydrogen-bond acceptors (Lipinski definition) is 4. The zero-order valence-electron chi connectivity index (χ0n) is 34.8. The molecule has 300 valence electrons. The van der Waals surface area contributed by atoms with E-state index in [1.165, 1.54) is 116 Å². The molecule has 0 atom stereocenters. The molecule has 2 rings (SSSR count). The molecule has 0 heterocycles. The summed E-state index contributed by atoms with van der Waals surface area (Å²) in [5.74, 6) is 0.180. The number of anilines is 2. The fraction of sp³-hybridized carbons (Fsp3) is 0.702. The third-order valence-electron chi connectivity index (χ3n) is 10.4. The molecule has 0 aromatic heterocycles. The van der Waals surface area contributed by atoms with Crippen LogP contribution in [0.3, 0.4) is 0 Å². The van der Waals surface area contributed by atoms with Crippen LogP contribution in [-0.2, 0) is 16.0 Å². The quantitative estimate of drug-likeness (QED) is 0.0703. The van der Waals surface area contributed by atoms with Crippen molar-refractivity contribution in [3.63, 3.8) is 0 Å². The topological polar surface area (TPSA) is 64.7 Å². The van der Waals surface area contributed by atoms with Gasteiger partial charge in [0, 0.05) is 24.2 Å². The number of carbonyl (C=O) groups excluding carboxylic acids is 2. The van der Waals surface area contributed by atoms with Gasteiger partial charge in [-0.05, 0) is 120 Å². The van der Waals surface area contributed by atoms with Crippen molar-refractivity contribution in [2.24, 2.45) is 0 Å². The first-order chi connectivity index (χ1) is 26.0. The molecule has 6 nitrogen and oxygen atoms in total. The monoisotopic (exact) mass is 733 g/mol. The molecule has 2 amide bonds. The zero-order valence-corrected chi connectivity index (χ0v) is 34.8. The molecule has 0 radical (unpaired) electrons. The maximum absolute atomic E-state index is 12.9. The fourth-order valence-corrected chi connectivity index (χ4v) is 7.20. The molecule has 2 N–H and O–H groups in total. The first-order valence-corrected chi connectivity index (χ1v) is 22.2. The van der Waals surface area contributed by atoms with Crippen LogP contribution in [0.2, 0.25) is 0 Å². The Labute approximate surface area is 326 Å². The second-order valence-electron chi connectivity index (χ2n) is 15.5. The molecule has 2 aromatic carbocycles. The maximum Gasteiger partial charge on any atom is 0.224 e. The van der Waals surface area contributed by atoms with Crippen molar-refractivity contribution in [3.8, 4) is 0 Å². The van der Waals surface area contributed by atoms with E-state index in [1.807, 2.05) is 24.3 Å². The Morgan fingerprint density at radius 1 is 0.434 bits per heavy atom. The van der Waals surface area contributed by atoms with E-state index in [-0.39, 0.29) is 11.8 Å². The lowest BCUT2D eigenvalue weighted by Gasteiger charge is -2.22. The summed E-state index contributed by atoms with van der Waals surface area (Å²) in [6, 6.07) is 16.4. The van der Waals surface area contributed by atoms with Gasteiger partial charge in [0.05, 0.1) is 0 Å². The largest absolute Gasteiger partial charge is 0.326 e. The van der Waals surface area contributed by atoms with Crippen LogP contribution in [0.1, 0.15) is 180 Å². The average Bonchev–Trinajstić information content (AvgIpc) is 3.14. The van der Waals surface area contributed by atoms with Gasteiger partial charge in [-0.1, -0.05) is 142 Å². The number of benzene rings is 2. The highest BCUT2D eigenvalue weighted by atomic mass is 16.2. The van der Waals surface area contributed by atoms with Gasteiger partial charge in [-0.3, -0.25) is 9.59 Å². The van der Waals surface area contributed by atoms with E-state index in [4.69, 9.17) is 0 Å². The molecule has 0 saturated carbocycles. The summed E-state index contributed by atoms with van der Waals surface area (Å²) in [5, 5.41) is 6.30. The van der Waals surface area contributed by atoms with Crippen molar-refractivity contribution >= 4 is 23.2 Å². The number of unbranched alkanes of at least 4 members (excludes halogenated alkanes) is 14. The highest BCUT2D eigenvalue weighted by molar-refractivity contribution is 5.91. The van der Waals surface area contributed by atoms with Gasteiger partial charge in [0.25, 0.3) is 0 Å². The molecule has 53 heavy (non-hydrogen) atoms. The van der Waals surface area contributed by atoms with E-state index in [9.17, 15) is 9.59 Å². The fourth-order valence-electron chi connectivity index (χ4n) is 7.20. The third kappa shape index (κ3) is 24.4. The molecule has 0 aliphatic rings. The summed E-state index contributed by atoms with van der Waals surface area (Å²) in [5.41, 5.74) is 3.98. The van der Waals surface area contributed by atoms with Crippen molar-refractivity contribution in [2.75, 3.05) is 49.9 Å². The number of nitrogens with one attached hydrogen (secondary N) is 2. The van der Waals surface area contributed by atoms with E-state index < -0.39 is 0 Å². The Balaban J connectivity index is 1.80. The van der Waals surface area contributed by atoms with Crippen LogP contribution in [0.25, 0.3) is 0 Å². The van der Waals surface area contributed by atoms with Gasteiger partial charge in [-0.25, -0.2) is 0 Å². The summed E-state index contributed by atoms with van der Waals surface area (Å²) >= 11 is 0. The van der Waals surface area contributed by atoms with E-state index in [1.54, 1.807) is 0 Å². The van der Waals surface area contributed by atoms with Crippen molar-refractivity contribution in [3.05, 3.63) is 59.7 Å². The second kappa shape index (κ2) is 31.6. The number of nitrogens with zero attached hydrogens (tertiary/aromatic N) is 2. The highest BCUT2D eigenvalue weighted by Crippen LogP contribution is 2.19. The van der Waals surface area contributed by atoms with Crippen molar-refractivity contribution in [1.29, 1.82) is 0 Å². The van der Waals surface area contributed by atoms with Gasteiger partial charge in [0.2, 0.25) is 11.8 Å². The van der Waals surface area contributed by atoms with Gasteiger partial charge in [0.1, 0.15) is 0 Å². The van der Waals surface area contributed by atoms with Crippen LogP contribution < -0.4 is 10.6 Å². The number of amides is 2. The minimum atomic E-state index is 0.0901. The maximum atomic E-state index is 12.9. The minimum Gasteiger partial charge on any atom is -0.326 e. The number of rotatable bonds is 34. The minimum absolute atomic E-state index is 0.0901. The standard InChI is InChI=1S/C47H80N4O2/c1-5-9-13-17-21-35-50(33-19-15-11-7-3)37-25-31-46(52)48-44-29-23-27-42(40-44)39-43-28-24-30-45(41-43)49-47(53)32-26-38-51(34-20-16-12-8-4)36-22-18-14-10-6-2/h23-24,27-30,40-41H,5-22,25-26,31-39H2,1-4H3,(H,48,52)(H,49,53). The molecule has 0 aliphatic heterocycles. The molecular weight excluding hydrogens is 653 g/mol. The van der Waals surface area contributed by atoms with Gasteiger partial charge in [-0.2, -0.15) is 0 Å². The zero-order chi connectivity index (χ0) is 38.2. The van der Waals surface area contributed by atoms with Crippen LogP contribution in [-0.4, -0.2) is 60.9 Å². The van der Waals surface area contributed by atoms with Gasteiger partial charge in [0.15, 0.2) is 0 Å². The van der Waals surface area contributed by atoms with Crippen LogP contribution in [0, 0.1) is 0 Å². The van der Waals surface area contributed by atoms with Crippen LogP contribution in [0.15, 0.2) is 48.5 Å². The summed E-state index contributed by atoms with van der Waals surface area (Å²) < 4.78 is 0. The normalized spacial score (nSPS) is 11.4. The van der Waals surface area contributed by atoms with E-state index in [2.05, 4.69) is 72.4 Å². The number of carbonyl (C=O) groups is 2. The van der Waals surface area contributed by atoms with E-state index in [0.717, 1.165) is 81.0 Å². The summed E-state index contributed by atoms with van der Waals surface area (Å²) in [6.45, 7) is 15.7.